The molecule has 96 valence electrons. The fourth-order valence-corrected chi connectivity index (χ4v) is 1.87. The molecule has 1 heterocycles. The van der Waals surface area contributed by atoms with E-state index in [9.17, 15) is 0 Å². The van der Waals surface area contributed by atoms with E-state index in [4.69, 9.17) is 25.2 Å². The molecule has 1 aliphatic rings. The maximum absolute atomic E-state index is 8.87. The molecule has 0 aromatic heterocycles. The van der Waals surface area contributed by atoms with E-state index in [2.05, 4.69) is 6.07 Å². The monoisotopic (exact) mass is 248 g/mol. The molecule has 1 aromatic carbocycles. The highest BCUT2D eigenvalue weighted by Gasteiger charge is 2.22. The van der Waals surface area contributed by atoms with Gasteiger partial charge in [0, 0.05) is 12.5 Å². The third-order valence-corrected chi connectivity index (χ3v) is 2.65. The molecule has 5 heteroatoms. The normalized spacial score (nSPS) is 17.7. The Kier molecular flexibility index (Phi) is 3.30. The van der Waals surface area contributed by atoms with Gasteiger partial charge in [-0.15, -0.1) is 0 Å². The highest BCUT2D eigenvalue weighted by molar-refractivity contribution is 5.46. The lowest BCUT2D eigenvalue weighted by Crippen LogP contribution is -2.38. The zero-order valence-corrected chi connectivity index (χ0v) is 10.5. The maximum atomic E-state index is 8.87. The molecule has 5 nitrogen and oxygen atoms in total. The minimum Gasteiger partial charge on any atom is -0.490 e. The molecule has 2 N–H and O–H groups in total. The summed E-state index contributed by atoms with van der Waals surface area (Å²) in [5, 5.41) is 8.87. The van der Waals surface area contributed by atoms with Crippen LogP contribution in [-0.2, 0) is 0 Å². The summed E-state index contributed by atoms with van der Waals surface area (Å²) in [6.45, 7) is 3.81. The van der Waals surface area contributed by atoms with Crippen molar-refractivity contribution in [2.24, 2.45) is 5.73 Å². The van der Waals surface area contributed by atoms with Crippen molar-refractivity contribution in [1.82, 2.24) is 0 Å². The number of hydrogen-bond acceptors (Lipinski definition) is 5. The van der Waals surface area contributed by atoms with E-state index in [1.807, 2.05) is 13.0 Å². The van der Waals surface area contributed by atoms with Gasteiger partial charge in [0.05, 0.1) is 12.2 Å². The van der Waals surface area contributed by atoms with Gasteiger partial charge in [-0.1, -0.05) is 0 Å². The second-order valence-corrected chi connectivity index (χ2v) is 4.68. The predicted octanol–water partition coefficient (Wildman–Crippen LogP) is 1.81. The molecule has 0 aliphatic carbocycles. The van der Waals surface area contributed by atoms with Crippen LogP contribution in [-0.4, -0.2) is 18.4 Å². The van der Waals surface area contributed by atoms with Crippen molar-refractivity contribution in [2.45, 2.75) is 31.9 Å². The van der Waals surface area contributed by atoms with Gasteiger partial charge in [0.1, 0.15) is 11.3 Å². The molecule has 1 aliphatic heterocycles. The molecule has 0 amide bonds. The first-order valence-electron chi connectivity index (χ1n) is 5.76. The van der Waals surface area contributed by atoms with Crippen molar-refractivity contribution in [3.8, 4) is 23.3 Å². The highest BCUT2D eigenvalue weighted by Crippen LogP contribution is 2.35. The van der Waals surface area contributed by atoms with Gasteiger partial charge in [-0.2, -0.15) is 5.26 Å². The van der Waals surface area contributed by atoms with Gasteiger partial charge in [0.2, 0.25) is 6.79 Å². The Balaban J connectivity index is 2.00. The lowest BCUT2D eigenvalue weighted by atomic mass is 9.98. The van der Waals surface area contributed by atoms with Crippen molar-refractivity contribution in [1.29, 1.82) is 5.26 Å². The van der Waals surface area contributed by atoms with Crippen molar-refractivity contribution < 1.29 is 14.2 Å². The first-order chi connectivity index (χ1) is 8.50. The van der Waals surface area contributed by atoms with E-state index in [1.165, 1.54) is 0 Å². The SMILES string of the molecule is CC(CC(C)(N)C#N)Oc1ccc2c(c1)OCO2. The summed E-state index contributed by atoms with van der Waals surface area (Å²) >= 11 is 0. The van der Waals surface area contributed by atoms with E-state index in [-0.39, 0.29) is 12.9 Å². The number of fused-ring (bicyclic) bond motifs is 1. The number of nitrogens with two attached hydrogens (primary N) is 1. The molecule has 2 rings (SSSR count). The number of ether oxygens (including phenoxy) is 3. The Morgan fingerprint density at radius 1 is 1.50 bits per heavy atom. The van der Waals surface area contributed by atoms with E-state index >= 15 is 0 Å². The summed E-state index contributed by atoms with van der Waals surface area (Å²) in [6, 6.07) is 7.44. The van der Waals surface area contributed by atoms with E-state index in [0.717, 1.165) is 5.75 Å². The molecule has 0 spiro atoms. The highest BCUT2D eigenvalue weighted by atomic mass is 16.7. The lowest BCUT2D eigenvalue weighted by Gasteiger charge is -2.21. The van der Waals surface area contributed by atoms with Crippen LogP contribution in [0.25, 0.3) is 0 Å². The van der Waals surface area contributed by atoms with E-state index in [0.29, 0.717) is 17.9 Å². The number of hydrogen-bond donors (Lipinski definition) is 1. The number of rotatable bonds is 4. The van der Waals surface area contributed by atoms with Crippen LogP contribution in [0.3, 0.4) is 0 Å². The molecule has 0 radical (unpaired) electrons. The second kappa shape index (κ2) is 4.75. The first-order valence-corrected chi connectivity index (χ1v) is 5.76. The van der Waals surface area contributed by atoms with Crippen molar-refractivity contribution in [2.75, 3.05) is 6.79 Å². The summed E-state index contributed by atoms with van der Waals surface area (Å²) in [5.41, 5.74) is 4.90. The molecular weight excluding hydrogens is 232 g/mol. The van der Waals surface area contributed by atoms with Crippen molar-refractivity contribution in [3.63, 3.8) is 0 Å². The number of nitrogens with zero attached hydrogens (tertiary/aromatic N) is 1. The van der Waals surface area contributed by atoms with Crippen LogP contribution in [0.4, 0.5) is 0 Å². The van der Waals surface area contributed by atoms with Gasteiger partial charge in [0.15, 0.2) is 11.5 Å². The van der Waals surface area contributed by atoms with Crippen molar-refractivity contribution >= 4 is 0 Å². The zero-order valence-electron chi connectivity index (χ0n) is 10.5. The summed E-state index contributed by atoms with van der Waals surface area (Å²) in [6.07, 6.45) is 0.304. The van der Waals surface area contributed by atoms with Gasteiger partial charge in [-0.25, -0.2) is 0 Å². The Hall–Kier alpha value is -1.93. The average molecular weight is 248 g/mol. The van der Waals surface area contributed by atoms with Crippen molar-refractivity contribution in [3.05, 3.63) is 18.2 Å². The average Bonchev–Trinajstić information content (AvgIpc) is 2.75. The van der Waals surface area contributed by atoms with Gasteiger partial charge in [-0.3, -0.25) is 0 Å². The van der Waals surface area contributed by atoms with Crippen LogP contribution in [0.1, 0.15) is 20.3 Å². The zero-order chi connectivity index (χ0) is 13.2. The van der Waals surface area contributed by atoms with Gasteiger partial charge < -0.3 is 19.9 Å². The van der Waals surface area contributed by atoms with E-state index < -0.39 is 5.54 Å². The fourth-order valence-electron chi connectivity index (χ4n) is 1.87. The quantitative estimate of drug-likeness (QED) is 0.879. The Morgan fingerprint density at radius 3 is 2.94 bits per heavy atom. The summed E-state index contributed by atoms with van der Waals surface area (Å²) < 4.78 is 16.2. The summed E-state index contributed by atoms with van der Waals surface area (Å²) in [4.78, 5) is 0. The minimum absolute atomic E-state index is 0.153. The maximum Gasteiger partial charge on any atom is 0.231 e. The van der Waals surface area contributed by atoms with E-state index in [1.54, 1.807) is 19.1 Å². The Morgan fingerprint density at radius 2 is 2.22 bits per heavy atom. The standard InChI is InChI=1S/C13H16N2O3/c1-9(6-13(2,15)7-14)18-10-3-4-11-12(5-10)17-8-16-11/h3-5,9H,6,8,15H2,1-2H3. The number of benzene rings is 1. The van der Waals surface area contributed by atoms with Crippen LogP contribution in [0.2, 0.25) is 0 Å². The van der Waals surface area contributed by atoms with Crippen LogP contribution < -0.4 is 19.9 Å². The fraction of sp³-hybridized carbons (Fsp3) is 0.462. The molecule has 18 heavy (non-hydrogen) atoms. The van der Waals surface area contributed by atoms with Crippen LogP contribution in [0, 0.1) is 11.3 Å². The largest absolute Gasteiger partial charge is 0.490 e. The molecule has 0 fully saturated rings. The third-order valence-electron chi connectivity index (χ3n) is 2.65. The topological polar surface area (TPSA) is 77.5 Å². The van der Waals surface area contributed by atoms with Crippen LogP contribution in [0.15, 0.2) is 18.2 Å². The second-order valence-electron chi connectivity index (χ2n) is 4.68. The molecule has 2 atom stereocenters. The third kappa shape index (κ3) is 2.84. The lowest BCUT2D eigenvalue weighted by molar-refractivity contribution is 0.173. The summed E-state index contributed by atoms with van der Waals surface area (Å²) in [7, 11) is 0. The Bertz CT molecular complexity index is 480. The predicted molar refractivity (Wildman–Crippen MR) is 65.5 cm³/mol. The smallest absolute Gasteiger partial charge is 0.231 e. The number of nitriles is 1. The van der Waals surface area contributed by atoms with Gasteiger partial charge in [0.25, 0.3) is 0 Å². The minimum atomic E-state index is -0.879. The molecular formula is C13H16N2O3. The Labute approximate surface area is 106 Å². The molecule has 0 bridgehead atoms. The van der Waals surface area contributed by atoms with Gasteiger partial charge in [-0.05, 0) is 26.0 Å². The van der Waals surface area contributed by atoms with Crippen LogP contribution in [0.5, 0.6) is 17.2 Å². The molecule has 1 aromatic rings. The first kappa shape index (κ1) is 12.5. The van der Waals surface area contributed by atoms with Gasteiger partial charge >= 0.3 is 0 Å². The van der Waals surface area contributed by atoms with Crippen LogP contribution >= 0.6 is 0 Å². The molecule has 2 unspecified atom stereocenters. The summed E-state index contributed by atoms with van der Waals surface area (Å²) in [5.74, 6) is 2.08. The molecule has 0 saturated heterocycles. The molecule has 0 saturated carbocycles.